The average Bonchev–Trinajstić information content (AvgIpc) is 2.17. The maximum atomic E-state index is 10.4. The highest BCUT2D eigenvalue weighted by Gasteiger charge is 2.12. The smallest absolute Gasteiger partial charge is 0.288 e. The number of anilines is 1. The van der Waals surface area contributed by atoms with Gasteiger partial charge in [-0.1, -0.05) is 30.4 Å². The van der Waals surface area contributed by atoms with Crippen LogP contribution in [0.4, 0.5) is 5.69 Å². The van der Waals surface area contributed by atoms with Crippen LogP contribution < -0.4 is 4.90 Å². The van der Waals surface area contributed by atoms with Crippen molar-refractivity contribution >= 4 is 18.2 Å². The molecule has 3 radical (unpaired) electrons. The molecule has 1 aromatic carbocycles. The Hall–Kier alpha value is -1.57. The van der Waals surface area contributed by atoms with Gasteiger partial charge in [0.05, 0.1) is 5.69 Å². The van der Waals surface area contributed by atoms with E-state index in [9.17, 15) is 4.79 Å². The summed E-state index contributed by atoms with van der Waals surface area (Å²) in [6.07, 6.45) is 5.39. The van der Waals surface area contributed by atoms with Gasteiger partial charge in [0.25, 0.3) is 0 Å². The Bertz CT molecular complexity index is 330. The molecule has 57 valence electrons. The predicted octanol–water partition coefficient (Wildman–Crippen LogP) is 1.63. The van der Waals surface area contributed by atoms with Crippen LogP contribution in [0.5, 0.6) is 0 Å². The summed E-state index contributed by atoms with van der Waals surface area (Å²) in [4.78, 5) is 11.7. The largest absolute Gasteiger partial charge is 0.317 e. The number of hydrogen-bond acceptors (Lipinski definition) is 1. The Morgan fingerprint density at radius 2 is 2.17 bits per heavy atom. The van der Waals surface area contributed by atoms with Gasteiger partial charge in [-0.3, -0.25) is 9.69 Å². The van der Waals surface area contributed by atoms with E-state index in [1.807, 2.05) is 30.3 Å². The minimum absolute atomic E-state index is 0.829. The standard InChI is InChI=1S/C10H6NO/c12-8-11-7-3-5-9-4-1-2-6-10(9)11/h1-6H. The molecule has 0 spiro atoms. The van der Waals surface area contributed by atoms with Crippen LogP contribution in [0.25, 0.3) is 6.08 Å². The minimum Gasteiger partial charge on any atom is -0.288 e. The van der Waals surface area contributed by atoms with Crippen molar-refractivity contribution in [2.45, 2.75) is 0 Å². The van der Waals surface area contributed by atoms with Crippen molar-refractivity contribution in [2.75, 3.05) is 4.90 Å². The zero-order valence-corrected chi connectivity index (χ0v) is 6.32. The Labute approximate surface area is 71.1 Å². The molecule has 2 heteroatoms. The van der Waals surface area contributed by atoms with Gasteiger partial charge in [0.1, 0.15) is 6.54 Å². The SMILES string of the molecule is O=[C]N1[C]C=Cc2ccccc21. The van der Waals surface area contributed by atoms with Crippen molar-refractivity contribution in [1.29, 1.82) is 0 Å². The summed E-state index contributed by atoms with van der Waals surface area (Å²) in [5.41, 5.74) is 1.84. The first kappa shape index (κ1) is 7.10. The summed E-state index contributed by atoms with van der Waals surface area (Å²) >= 11 is 0. The van der Waals surface area contributed by atoms with Crippen LogP contribution in [-0.4, -0.2) is 6.41 Å². The van der Waals surface area contributed by atoms with E-state index in [1.54, 1.807) is 12.5 Å². The second-order valence-corrected chi connectivity index (χ2v) is 2.45. The van der Waals surface area contributed by atoms with Crippen molar-refractivity contribution in [3.05, 3.63) is 42.4 Å². The van der Waals surface area contributed by atoms with Crippen LogP contribution in [0.1, 0.15) is 5.56 Å². The zero-order chi connectivity index (χ0) is 8.39. The Morgan fingerprint density at radius 1 is 1.33 bits per heavy atom. The quantitative estimate of drug-likeness (QED) is 0.605. The lowest BCUT2D eigenvalue weighted by Gasteiger charge is -2.18. The van der Waals surface area contributed by atoms with Crippen LogP contribution >= 0.6 is 0 Å². The first-order valence-electron chi connectivity index (χ1n) is 3.61. The number of rotatable bonds is 1. The Morgan fingerprint density at radius 3 is 3.00 bits per heavy atom. The molecule has 1 amide bonds. The van der Waals surface area contributed by atoms with Gasteiger partial charge in [-0.2, -0.15) is 0 Å². The lowest BCUT2D eigenvalue weighted by atomic mass is 10.1. The third-order valence-corrected chi connectivity index (χ3v) is 1.74. The fourth-order valence-electron chi connectivity index (χ4n) is 1.18. The fourth-order valence-corrected chi connectivity index (χ4v) is 1.18. The first-order valence-corrected chi connectivity index (χ1v) is 3.61. The van der Waals surface area contributed by atoms with E-state index < -0.39 is 0 Å². The fraction of sp³-hybridized carbons (Fsp3) is 0. The van der Waals surface area contributed by atoms with Crippen molar-refractivity contribution in [3.63, 3.8) is 0 Å². The molecule has 12 heavy (non-hydrogen) atoms. The van der Waals surface area contributed by atoms with E-state index in [2.05, 4.69) is 6.54 Å². The van der Waals surface area contributed by atoms with Crippen LogP contribution in [-0.2, 0) is 4.79 Å². The van der Waals surface area contributed by atoms with Crippen LogP contribution in [0, 0.1) is 6.54 Å². The molecule has 1 aliphatic heterocycles. The average molecular weight is 156 g/mol. The summed E-state index contributed by atoms with van der Waals surface area (Å²) in [7, 11) is 0. The van der Waals surface area contributed by atoms with E-state index in [4.69, 9.17) is 0 Å². The van der Waals surface area contributed by atoms with Crippen LogP contribution in [0.15, 0.2) is 30.3 Å². The van der Waals surface area contributed by atoms with E-state index in [0.29, 0.717) is 0 Å². The Balaban J connectivity index is 2.52. The van der Waals surface area contributed by atoms with Crippen molar-refractivity contribution < 1.29 is 4.79 Å². The molecule has 0 fully saturated rings. The highest BCUT2D eigenvalue weighted by atomic mass is 16.1. The van der Waals surface area contributed by atoms with Crippen LogP contribution in [0.2, 0.25) is 0 Å². The van der Waals surface area contributed by atoms with E-state index in [1.165, 1.54) is 4.90 Å². The van der Waals surface area contributed by atoms with Crippen molar-refractivity contribution in [1.82, 2.24) is 0 Å². The number of para-hydroxylation sites is 1. The maximum absolute atomic E-state index is 10.4. The number of carbonyl (C=O) groups excluding carboxylic acids is 1. The molecule has 0 saturated carbocycles. The zero-order valence-electron chi connectivity index (χ0n) is 6.32. The van der Waals surface area contributed by atoms with E-state index >= 15 is 0 Å². The molecule has 0 bridgehead atoms. The lowest BCUT2D eigenvalue weighted by molar-refractivity contribution is 0.554. The first-order chi connectivity index (χ1) is 5.92. The van der Waals surface area contributed by atoms with Crippen LogP contribution in [0.3, 0.4) is 0 Å². The van der Waals surface area contributed by atoms with Gasteiger partial charge in [0, 0.05) is 0 Å². The van der Waals surface area contributed by atoms with Gasteiger partial charge < -0.3 is 0 Å². The summed E-state index contributed by atoms with van der Waals surface area (Å²) < 4.78 is 0. The molecule has 0 N–H and O–H groups in total. The number of benzene rings is 1. The van der Waals surface area contributed by atoms with E-state index in [0.717, 1.165) is 11.3 Å². The van der Waals surface area contributed by atoms with Gasteiger partial charge in [-0.05, 0) is 11.6 Å². The molecule has 0 aromatic heterocycles. The molecule has 1 aliphatic rings. The Kier molecular flexibility index (Phi) is 1.67. The lowest BCUT2D eigenvalue weighted by Crippen LogP contribution is -2.19. The number of amides is 1. The summed E-state index contributed by atoms with van der Waals surface area (Å²) in [5, 5.41) is 0. The second kappa shape index (κ2) is 2.81. The number of fused-ring (bicyclic) bond motifs is 1. The molecule has 1 heterocycles. The maximum Gasteiger partial charge on any atom is 0.317 e. The topological polar surface area (TPSA) is 20.3 Å². The van der Waals surface area contributed by atoms with E-state index in [-0.39, 0.29) is 0 Å². The predicted molar refractivity (Wildman–Crippen MR) is 46.9 cm³/mol. The number of nitrogens with zero attached hydrogens (tertiary/aromatic N) is 1. The molecular formula is C10H6NO. The molecular weight excluding hydrogens is 150 g/mol. The molecule has 1 aromatic rings. The van der Waals surface area contributed by atoms with Gasteiger partial charge in [0.15, 0.2) is 0 Å². The van der Waals surface area contributed by atoms with Gasteiger partial charge in [0.2, 0.25) is 0 Å². The van der Waals surface area contributed by atoms with Gasteiger partial charge >= 0.3 is 6.41 Å². The van der Waals surface area contributed by atoms with Gasteiger partial charge in [-0.15, -0.1) is 0 Å². The van der Waals surface area contributed by atoms with Crippen molar-refractivity contribution in [3.8, 4) is 0 Å². The highest BCUT2D eigenvalue weighted by molar-refractivity contribution is 5.86. The molecule has 0 atom stereocenters. The van der Waals surface area contributed by atoms with Gasteiger partial charge in [-0.25, -0.2) is 0 Å². The molecule has 0 saturated heterocycles. The molecule has 0 aliphatic carbocycles. The summed E-state index contributed by atoms with van der Waals surface area (Å²) in [6, 6.07) is 7.61. The monoisotopic (exact) mass is 156 g/mol. The minimum atomic E-state index is 0.829. The highest BCUT2D eigenvalue weighted by Crippen LogP contribution is 2.25. The molecule has 2 nitrogen and oxygen atoms in total. The molecule has 0 unspecified atom stereocenters. The molecule has 2 rings (SSSR count). The second-order valence-electron chi connectivity index (χ2n) is 2.45. The third-order valence-electron chi connectivity index (χ3n) is 1.74. The number of hydrogen-bond donors (Lipinski definition) is 0. The third kappa shape index (κ3) is 1.01. The summed E-state index contributed by atoms with van der Waals surface area (Å²) in [5.74, 6) is 0. The normalized spacial score (nSPS) is 14.2. The summed E-state index contributed by atoms with van der Waals surface area (Å²) in [6.45, 7) is 2.75. The van der Waals surface area contributed by atoms with Crippen molar-refractivity contribution in [2.24, 2.45) is 0 Å².